The van der Waals surface area contributed by atoms with Crippen LogP contribution in [0.15, 0.2) is 0 Å². The van der Waals surface area contributed by atoms with Crippen molar-refractivity contribution < 1.29 is 11.9 Å². The molecule has 0 aliphatic heterocycles. The molecule has 0 rings (SSSR count). The van der Waals surface area contributed by atoms with Crippen LogP contribution in [0.3, 0.4) is 0 Å². The first kappa shape index (κ1) is 20.6. The predicted octanol–water partition coefficient (Wildman–Crippen LogP) is 2.84. The molecule has 0 aromatic heterocycles. The van der Waals surface area contributed by atoms with Gasteiger partial charge in [0.2, 0.25) is 0 Å². The minimum atomic E-state index is -4.12. The summed E-state index contributed by atoms with van der Waals surface area (Å²) >= 11 is -4.12. The summed E-state index contributed by atoms with van der Waals surface area (Å²) in [6.45, 7) is 3.14. The zero-order valence-electron chi connectivity index (χ0n) is 12.1. The monoisotopic (exact) mass is 325 g/mol. The van der Waals surface area contributed by atoms with E-state index >= 15 is 0 Å². The first-order chi connectivity index (χ1) is 8.41. The Labute approximate surface area is 115 Å². The van der Waals surface area contributed by atoms with Gasteiger partial charge in [0.15, 0.2) is 0 Å². The van der Waals surface area contributed by atoms with Crippen LogP contribution in [0.25, 0.3) is 0 Å². The molecule has 0 aliphatic rings. The maximum absolute atomic E-state index is 9.39. The number of rotatable bonds is 10. The molecule has 0 spiro atoms. The van der Waals surface area contributed by atoms with Crippen molar-refractivity contribution in [1.29, 1.82) is 0 Å². The molecule has 0 amide bonds. The van der Waals surface area contributed by atoms with Crippen molar-refractivity contribution in [1.82, 2.24) is 0 Å². The summed E-state index contributed by atoms with van der Waals surface area (Å²) in [6.07, 6.45) is 13.9. The van der Waals surface area contributed by atoms with E-state index in [1.165, 1.54) is 64.2 Å². The third-order valence-corrected chi connectivity index (χ3v) is 2.56. The molecule has 0 bridgehead atoms. The van der Waals surface area contributed by atoms with Crippen LogP contribution >= 0.6 is 0 Å². The second-order valence-electron chi connectivity index (χ2n) is 4.81. The average molecular weight is 325 g/mol. The van der Waals surface area contributed by atoms with Crippen LogP contribution < -0.4 is 5.73 Å². The van der Waals surface area contributed by atoms with Gasteiger partial charge in [-0.05, 0) is 13.0 Å². The van der Waals surface area contributed by atoms with Gasteiger partial charge in [0, 0.05) is 0 Å². The van der Waals surface area contributed by atoms with E-state index in [0.29, 0.717) is 0 Å². The molecule has 4 N–H and O–H groups in total. The zero-order valence-corrected chi connectivity index (χ0v) is 14.0. The fourth-order valence-corrected chi connectivity index (χ4v) is 1.63. The molecule has 4 nitrogen and oxygen atoms in total. The number of hydrogen-bond acceptors (Lipinski definition) is 2. The molecule has 18 heavy (non-hydrogen) atoms. The van der Waals surface area contributed by atoms with Crippen molar-refractivity contribution in [3.05, 3.63) is 0 Å². The van der Waals surface area contributed by atoms with Gasteiger partial charge in [0.25, 0.3) is 0 Å². The van der Waals surface area contributed by atoms with Gasteiger partial charge in [0.05, 0.1) is 0 Å². The molecular weight excluding hydrogens is 293 g/mol. The van der Waals surface area contributed by atoms with Crippen LogP contribution in [0.4, 0.5) is 0 Å². The van der Waals surface area contributed by atoms with Crippen molar-refractivity contribution in [3.8, 4) is 0 Å². The van der Waals surface area contributed by atoms with Crippen LogP contribution in [0.5, 0.6) is 0 Å². The van der Waals surface area contributed by atoms with Gasteiger partial charge in [-0.1, -0.05) is 64.7 Å². The number of unbranched alkanes of at least 4 members (excludes halogenated alkanes) is 9. The van der Waals surface area contributed by atoms with Gasteiger partial charge in [-0.25, -0.2) is 0 Å². The average Bonchev–Trinajstić information content (AvgIpc) is 2.25. The van der Waals surface area contributed by atoms with Crippen LogP contribution in [-0.2, 0) is 3.74 Å². The molecule has 0 atom stereocenters. The Balaban J connectivity index is 0. The van der Waals surface area contributed by atoms with E-state index in [2.05, 4.69) is 6.92 Å². The second-order valence-corrected chi connectivity index (χ2v) is 8.31. The van der Waals surface area contributed by atoms with Crippen molar-refractivity contribution >= 4 is 14.2 Å². The van der Waals surface area contributed by atoms with E-state index in [0.717, 1.165) is 12.3 Å². The first-order valence-electron chi connectivity index (χ1n) is 7.15. The molecule has 0 heterocycles. The third-order valence-electron chi connectivity index (χ3n) is 2.56. The third kappa shape index (κ3) is 36.0. The molecule has 0 aromatic rings. The Morgan fingerprint density at radius 3 is 1.39 bits per heavy atom. The SMILES string of the molecule is CCCCCCCCCCCCN.C[As](=O)(O)O. The molecular formula is C13H32AsNO3. The van der Waals surface area contributed by atoms with Gasteiger partial charge >= 0.3 is 31.8 Å². The summed E-state index contributed by atoms with van der Waals surface area (Å²) in [4.78, 5) is 0. The van der Waals surface area contributed by atoms with Crippen molar-refractivity contribution in [2.24, 2.45) is 5.73 Å². The van der Waals surface area contributed by atoms with Crippen molar-refractivity contribution in [3.63, 3.8) is 0 Å². The number of hydrogen-bond donors (Lipinski definition) is 3. The Kier molecular flexibility index (Phi) is 17.5. The molecule has 0 saturated heterocycles. The first-order valence-corrected chi connectivity index (χ1v) is 11.5. The van der Waals surface area contributed by atoms with Gasteiger partial charge in [-0.15, -0.1) is 0 Å². The fraction of sp³-hybridized carbons (Fsp3) is 1.00. The van der Waals surface area contributed by atoms with Crippen molar-refractivity contribution in [2.45, 2.75) is 76.8 Å². The van der Waals surface area contributed by atoms with E-state index in [4.69, 9.17) is 13.9 Å². The van der Waals surface area contributed by atoms with Crippen LogP contribution in [0.2, 0.25) is 5.71 Å². The summed E-state index contributed by atoms with van der Waals surface area (Å²) < 4.78 is 24.8. The van der Waals surface area contributed by atoms with E-state index in [-0.39, 0.29) is 0 Å². The summed E-state index contributed by atoms with van der Waals surface area (Å²) in [7, 11) is 0. The Morgan fingerprint density at radius 1 is 0.833 bits per heavy atom. The molecule has 0 unspecified atom stereocenters. The molecule has 0 fully saturated rings. The molecule has 0 radical (unpaired) electrons. The maximum atomic E-state index is 9.39. The predicted molar refractivity (Wildman–Crippen MR) is 77.6 cm³/mol. The number of nitrogens with two attached hydrogens (primary N) is 1. The second kappa shape index (κ2) is 15.3. The van der Waals surface area contributed by atoms with Crippen LogP contribution in [0.1, 0.15) is 71.1 Å². The van der Waals surface area contributed by atoms with Crippen molar-refractivity contribution in [2.75, 3.05) is 6.54 Å². The Bertz CT molecular complexity index is 176. The van der Waals surface area contributed by atoms with Gasteiger partial charge in [-0.2, -0.15) is 0 Å². The van der Waals surface area contributed by atoms with Gasteiger partial charge < -0.3 is 5.73 Å². The van der Waals surface area contributed by atoms with E-state index in [1.807, 2.05) is 0 Å². The standard InChI is InChI=1S/C12H27N.CH5AsO3/c1-2-3-4-5-6-7-8-9-10-11-12-13;1-2(3,4)5/h2-13H2,1H3;1H3,(H2,3,4,5). The van der Waals surface area contributed by atoms with E-state index in [1.54, 1.807) is 0 Å². The molecule has 5 heteroatoms. The summed E-state index contributed by atoms with van der Waals surface area (Å²) in [5.74, 6) is 0. The van der Waals surface area contributed by atoms with Gasteiger partial charge in [0.1, 0.15) is 0 Å². The van der Waals surface area contributed by atoms with E-state index < -0.39 is 14.2 Å². The normalized spacial score (nSPS) is 10.9. The summed E-state index contributed by atoms with van der Waals surface area (Å²) in [5.41, 5.74) is 6.34. The molecule has 0 aliphatic carbocycles. The summed E-state index contributed by atoms with van der Waals surface area (Å²) in [6, 6.07) is 0. The molecule has 112 valence electrons. The molecule has 0 saturated carbocycles. The Morgan fingerprint density at radius 2 is 1.11 bits per heavy atom. The minimum absolute atomic E-state index is 0.872. The van der Waals surface area contributed by atoms with Gasteiger partial charge in [-0.3, -0.25) is 0 Å². The summed E-state index contributed by atoms with van der Waals surface area (Å²) in [5, 5.41) is 0. The Hall–Kier alpha value is 0.238. The topological polar surface area (TPSA) is 83.6 Å². The molecule has 0 aromatic carbocycles. The quantitative estimate of drug-likeness (QED) is 0.426. The fourth-order valence-electron chi connectivity index (χ4n) is 1.63. The van der Waals surface area contributed by atoms with Crippen LogP contribution in [0, 0.1) is 0 Å². The van der Waals surface area contributed by atoms with E-state index in [9.17, 15) is 3.74 Å². The van der Waals surface area contributed by atoms with Crippen LogP contribution in [-0.4, -0.2) is 28.9 Å². The zero-order chi connectivity index (χ0) is 14.3.